The van der Waals surface area contributed by atoms with Crippen molar-refractivity contribution in [1.29, 1.82) is 0 Å². The third-order valence-corrected chi connectivity index (χ3v) is 5.35. The molecule has 1 aliphatic carbocycles. The van der Waals surface area contributed by atoms with Crippen LogP contribution in [-0.2, 0) is 0 Å². The van der Waals surface area contributed by atoms with E-state index in [0.717, 1.165) is 29.8 Å². The first-order chi connectivity index (χ1) is 8.15. The molecule has 4 atom stereocenters. The van der Waals surface area contributed by atoms with Gasteiger partial charge in [-0.1, -0.05) is 20.8 Å². The van der Waals surface area contributed by atoms with Crippen LogP contribution >= 0.6 is 0 Å². The Hall–Kier alpha value is -0.0800. The van der Waals surface area contributed by atoms with E-state index < -0.39 is 0 Å². The molecule has 2 heterocycles. The Morgan fingerprint density at radius 1 is 1.24 bits per heavy atom. The Morgan fingerprint density at radius 3 is 2.65 bits per heavy atom. The second-order valence-corrected chi connectivity index (χ2v) is 7.03. The summed E-state index contributed by atoms with van der Waals surface area (Å²) in [7, 11) is 0. The van der Waals surface area contributed by atoms with Gasteiger partial charge in [0.25, 0.3) is 0 Å². The summed E-state index contributed by atoms with van der Waals surface area (Å²) >= 11 is 0. The molecule has 98 valence electrons. The predicted octanol–water partition coefficient (Wildman–Crippen LogP) is 2.45. The second kappa shape index (κ2) is 4.55. The number of hydrogen-bond donors (Lipinski definition) is 0. The third kappa shape index (κ3) is 2.39. The first-order valence-electron chi connectivity index (χ1n) is 7.63. The van der Waals surface area contributed by atoms with Crippen molar-refractivity contribution in [2.45, 2.75) is 52.1 Å². The molecule has 3 rings (SSSR count). The standard InChI is InChI=1S/C15H28N2/c1-11(2)15-10-16-6-4-5-14(16)9-17(15)8-13-7-12(13)3/h11-15H,4-10H2,1-3H3. The summed E-state index contributed by atoms with van der Waals surface area (Å²) in [5.74, 6) is 2.83. The highest BCUT2D eigenvalue weighted by atomic mass is 15.3. The van der Waals surface area contributed by atoms with Crippen molar-refractivity contribution >= 4 is 0 Å². The van der Waals surface area contributed by atoms with E-state index in [-0.39, 0.29) is 0 Å². The molecule has 1 saturated carbocycles. The number of nitrogens with zero attached hydrogens (tertiary/aromatic N) is 2. The second-order valence-electron chi connectivity index (χ2n) is 7.03. The Morgan fingerprint density at radius 2 is 2.00 bits per heavy atom. The minimum absolute atomic E-state index is 0.811. The molecular formula is C15H28N2. The lowest BCUT2D eigenvalue weighted by molar-refractivity contribution is 0.0256. The Balaban J connectivity index is 1.65. The van der Waals surface area contributed by atoms with E-state index in [4.69, 9.17) is 0 Å². The van der Waals surface area contributed by atoms with Crippen molar-refractivity contribution in [3.63, 3.8) is 0 Å². The molecular weight excluding hydrogens is 208 g/mol. The average Bonchev–Trinajstić information content (AvgIpc) is 2.78. The SMILES string of the molecule is CC(C)C1CN2CCCC2CN1CC1CC1C. The molecule has 0 aromatic rings. The van der Waals surface area contributed by atoms with Gasteiger partial charge in [-0.2, -0.15) is 0 Å². The van der Waals surface area contributed by atoms with Gasteiger partial charge >= 0.3 is 0 Å². The number of piperazine rings is 1. The molecule has 0 aromatic carbocycles. The fourth-order valence-corrected chi connectivity index (χ4v) is 3.90. The van der Waals surface area contributed by atoms with Gasteiger partial charge in [-0.05, 0) is 43.6 Å². The van der Waals surface area contributed by atoms with Crippen LogP contribution in [0.2, 0.25) is 0 Å². The molecule has 2 aliphatic heterocycles. The number of hydrogen-bond acceptors (Lipinski definition) is 2. The van der Waals surface area contributed by atoms with Gasteiger partial charge in [0.05, 0.1) is 0 Å². The zero-order valence-corrected chi connectivity index (χ0v) is 11.7. The van der Waals surface area contributed by atoms with Crippen molar-refractivity contribution in [2.75, 3.05) is 26.2 Å². The quantitative estimate of drug-likeness (QED) is 0.742. The van der Waals surface area contributed by atoms with Crippen LogP contribution in [0.1, 0.15) is 40.0 Å². The Kier molecular flexibility index (Phi) is 3.20. The first kappa shape index (κ1) is 12.0. The van der Waals surface area contributed by atoms with E-state index in [1.165, 1.54) is 45.4 Å². The molecule has 0 spiro atoms. The van der Waals surface area contributed by atoms with Crippen LogP contribution in [0.5, 0.6) is 0 Å². The largest absolute Gasteiger partial charge is 0.298 e. The number of fused-ring (bicyclic) bond motifs is 1. The van der Waals surface area contributed by atoms with Crippen LogP contribution in [0.15, 0.2) is 0 Å². The number of rotatable bonds is 3. The van der Waals surface area contributed by atoms with Crippen molar-refractivity contribution < 1.29 is 0 Å². The van der Waals surface area contributed by atoms with E-state index in [9.17, 15) is 0 Å². The summed E-state index contributed by atoms with van der Waals surface area (Å²) in [5, 5.41) is 0. The van der Waals surface area contributed by atoms with Gasteiger partial charge in [0.1, 0.15) is 0 Å². The zero-order chi connectivity index (χ0) is 12.0. The maximum absolute atomic E-state index is 2.84. The van der Waals surface area contributed by atoms with Crippen molar-refractivity contribution in [1.82, 2.24) is 9.80 Å². The third-order valence-electron chi connectivity index (χ3n) is 5.35. The highest BCUT2D eigenvalue weighted by molar-refractivity contribution is 4.96. The average molecular weight is 236 g/mol. The molecule has 0 aromatic heterocycles. The molecule has 17 heavy (non-hydrogen) atoms. The van der Waals surface area contributed by atoms with Crippen molar-refractivity contribution in [2.24, 2.45) is 17.8 Å². The molecule has 2 saturated heterocycles. The molecule has 4 unspecified atom stereocenters. The van der Waals surface area contributed by atoms with Crippen LogP contribution in [0.4, 0.5) is 0 Å². The van der Waals surface area contributed by atoms with Crippen LogP contribution < -0.4 is 0 Å². The van der Waals surface area contributed by atoms with Crippen molar-refractivity contribution in [3.8, 4) is 0 Å². The van der Waals surface area contributed by atoms with E-state index in [1.807, 2.05) is 0 Å². The van der Waals surface area contributed by atoms with Gasteiger partial charge in [0.15, 0.2) is 0 Å². The zero-order valence-electron chi connectivity index (χ0n) is 11.7. The minimum atomic E-state index is 0.811. The lowest BCUT2D eigenvalue weighted by Crippen LogP contribution is -2.58. The first-order valence-corrected chi connectivity index (χ1v) is 7.63. The van der Waals surface area contributed by atoms with Gasteiger partial charge in [0, 0.05) is 31.7 Å². The van der Waals surface area contributed by atoms with E-state index in [0.29, 0.717) is 0 Å². The van der Waals surface area contributed by atoms with Gasteiger partial charge < -0.3 is 0 Å². The topological polar surface area (TPSA) is 6.48 Å². The molecule has 0 amide bonds. The molecule has 2 nitrogen and oxygen atoms in total. The van der Waals surface area contributed by atoms with Crippen LogP contribution in [0.3, 0.4) is 0 Å². The summed E-state index contributed by atoms with van der Waals surface area (Å²) < 4.78 is 0. The molecule has 3 aliphatic rings. The molecule has 2 heteroatoms. The normalized spacial score (nSPS) is 43.1. The molecule has 0 N–H and O–H groups in total. The minimum Gasteiger partial charge on any atom is -0.298 e. The maximum atomic E-state index is 2.84. The Bertz CT molecular complexity index is 276. The summed E-state index contributed by atoms with van der Waals surface area (Å²) in [6.07, 6.45) is 4.36. The van der Waals surface area contributed by atoms with Gasteiger partial charge in [-0.25, -0.2) is 0 Å². The summed E-state index contributed by atoms with van der Waals surface area (Å²) in [6.45, 7) is 12.7. The van der Waals surface area contributed by atoms with Gasteiger partial charge in [0.2, 0.25) is 0 Å². The highest BCUT2D eigenvalue weighted by Gasteiger charge is 2.41. The smallest absolute Gasteiger partial charge is 0.0247 e. The molecule has 3 fully saturated rings. The Labute approximate surface area is 106 Å². The monoisotopic (exact) mass is 236 g/mol. The highest BCUT2D eigenvalue weighted by Crippen LogP contribution is 2.40. The van der Waals surface area contributed by atoms with E-state index in [1.54, 1.807) is 0 Å². The fourth-order valence-electron chi connectivity index (χ4n) is 3.90. The fraction of sp³-hybridized carbons (Fsp3) is 1.00. The summed E-state index contributed by atoms with van der Waals surface area (Å²) in [5.41, 5.74) is 0. The molecule has 0 radical (unpaired) electrons. The predicted molar refractivity (Wildman–Crippen MR) is 72.1 cm³/mol. The van der Waals surface area contributed by atoms with Gasteiger partial charge in [-0.3, -0.25) is 9.80 Å². The van der Waals surface area contributed by atoms with Crippen LogP contribution in [-0.4, -0.2) is 48.1 Å². The van der Waals surface area contributed by atoms with E-state index in [2.05, 4.69) is 30.6 Å². The van der Waals surface area contributed by atoms with Crippen LogP contribution in [0, 0.1) is 17.8 Å². The summed E-state index contributed by atoms with van der Waals surface area (Å²) in [6, 6.07) is 1.70. The van der Waals surface area contributed by atoms with Crippen LogP contribution in [0.25, 0.3) is 0 Å². The van der Waals surface area contributed by atoms with Crippen molar-refractivity contribution in [3.05, 3.63) is 0 Å². The lowest BCUT2D eigenvalue weighted by Gasteiger charge is -2.45. The van der Waals surface area contributed by atoms with E-state index >= 15 is 0 Å². The summed E-state index contributed by atoms with van der Waals surface area (Å²) in [4.78, 5) is 5.60. The molecule has 0 bridgehead atoms. The maximum Gasteiger partial charge on any atom is 0.0247 e. The van der Waals surface area contributed by atoms with Gasteiger partial charge in [-0.15, -0.1) is 0 Å². The lowest BCUT2D eigenvalue weighted by atomic mass is 9.97.